The van der Waals surface area contributed by atoms with Gasteiger partial charge in [0.25, 0.3) is 0 Å². The summed E-state index contributed by atoms with van der Waals surface area (Å²) < 4.78 is 27.0. The molecule has 1 aliphatic heterocycles. The van der Waals surface area contributed by atoms with E-state index >= 15 is 0 Å². The van der Waals surface area contributed by atoms with Crippen molar-refractivity contribution in [3.05, 3.63) is 28.8 Å². The van der Waals surface area contributed by atoms with Crippen molar-refractivity contribution < 1.29 is 8.42 Å². The SMILES string of the molecule is CC(C)(C)C1CCN(S(=O)(=O)c2ccc(CCl)c(Cl)c2)C1. The molecule has 3 nitrogen and oxygen atoms in total. The predicted molar refractivity (Wildman–Crippen MR) is 87.3 cm³/mol. The second-order valence-electron chi connectivity index (χ2n) is 6.60. The molecule has 6 heteroatoms. The van der Waals surface area contributed by atoms with Crippen LogP contribution in [0, 0.1) is 11.3 Å². The number of sulfonamides is 1. The highest BCUT2D eigenvalue weighted by molar-refractivity contribution is 7.89. The number of hydrogen-bond donors (Lipinski definition) is 0. The molecule has 21 heavy (non-hydrogen) atoms. The van der Waals surface area contributed by atoms with Gasteiger partial charge in [-0.3, -0.25) is 0 Å². The maximum absolute atomic E-state index is 12.7. The largest absolute Gasteiger partial charge is 0.243 e. The van der Waals surface area contributed by atoms with Crippen molar-refractivity contribution in [3.63, 3.8) is 0 Å². The average Bonchev–Trinajstić information content (AvgIpc) is 2.88. The van der Waals surface area contributed by atoms with Crippen LogP contribution in [0.25, 0.3) is 0 Å². The van der Waals surface area contributed by atoms with Gasteiger partial charge in [-0.2, -0.15) is 4.31 Å². The lowest BCUT2D eigenvalue weighted by Crippen LogP contribution is -2.31. The first-order chi connectivity index (χ1) is 9.66. The molecule has 2 rings (SSSR count). The molecule has 1 saturated heterocycles. The number of alkyl halides is 1. The molecule has 118 valence electrons. The molecule has 0 bridgehead atoms. The van der Waals surface area contributed by atoms with Gasteiger partial charge in [0.15, 0.2) is 0 Å². The summed E-state index contributed by atoms with van der Waals surface area (Å²) in [5.74, 6) is 0.652. The van der Waals surface area contributed by atoms with Crippen LogP contribution in [0.5, 0.6) is 0 Å². The van der Waals surface area contributed by atoms with Crippen LogP contribution in [-0.2, 0) is 15.9 Å². The van der Waals surface area contributed by atoms with E-state index in [9.17, 15) is 8.42 Å². The number of benzene rings is 1. The van der Waals surface area contributed by atoms with Crippen molar-refractivity contribution in [3.8, 4) is 0 Å². The molecule has 1 atom stereocenters. The number of hydrogen-bond acceptors (Lipinski definition) is 2. The molecule has 1 fully saturated rings. The summed E-state index contributed by atoms with van der Waals surface area (Å²) in [6, 6.07) is 4.77. The van der Waals surface area contributed by atoms with E-state index in [-0.39, 0.29) is 16.2 Å². The highest BCUT2D eigenvalue weighted by Crippen LogP contribution is 2.36. The third-order valence-electron chi connectivity index (χ3n) is 4.18. The number of rotatable bonds is 3. The van der Waals surface area contributed by atoms with Gasteiger partial charge in [0.2, 0.25) is 10.0 Å². The van der Waals surface area contributed by atoms with Crippen molar-refractivity contribution in [1.82, 2.24) is 4.31 Å². The van der Waals surface area contributed by atoms with E-state index in [0.717, 1.165) is 12.0 Å². The van der Waals surface area contributed by atoms with E-state index in [0.29, 0.717) is 24.0 Å². The molecule has 1 aromatic carbocycles. The van der Waals surface area contributed by atoms with Crippen LogP contribution in [0.15, 0.2) is 23.1 Å². The maximum atomic E-state index is 12.7. The summed E-state index contributed by atoms with van der Waals surface area (Å²) in [5.41, 5.74) is 0.857. The fourth-order valence-corrected chi connectivity index (χ4v) is 4.74. The second-order valence-corrected chi connectivity index (χ2v) is 9.21. The highest BCUT2D eigenvalue weighted by Gasteiger charge is 2.37. The molecule has 0 spiro atoms. The van der Waals surface area contributed by atoms with E-state index in [1.54, 1.807) is 16.4 Å². The summed E-state index contributed by atoms with van der Waals surface area (Å²) in [7, 11) is -3.47. The Kier molecular flexibility index (Phi) is 4.94. The third kappa shape index (κ3) is 3.55. The first-order valence-corrected chi connectivity index (χ1v) is 9.36. The maximum Gasteiger partial charge on any atom is 0.243 e. The normalized spacial score (nSPS) is 20.9. The van der Waals surface area contributed by atoms with Crippen molar-refractivity contribution in [2.24, 2.45) is 11.3 Å². The zero-order valence-electron chi connectivity index (χ0n) is 12.6. The van der Waals surface area contributed by atoms with Crippen LogP contribution in [-0.4, -0.2) is 25.8 Å². The van der Waals surface area contributed by atoms with E-state index < -0.39 is 10.0 Å². The minimum atomic E-state index is -3.47. The van der Waals surface area contributed by atoms with Gasteiger partial charge in [-0.1, -0.05) is 38.4 Å². The van der Waals surface area contributed by atoms with Crippen LogP contribution in [0.3, 0.4) is 0 Å². The predicted octanol–water partition coefficient (Wildman–Crippen LogP) is 4.14. The monoisotopic (exact) mass is 349 g/mol. The zero-order valence-corrected chi connectivity index (χ0v) is 14.9. The first-order valence-electron chi connectivity index (χ1n) is 7.01. The molecule has 0 radical (unpaired) electrons. The number of halogens is 2. The summed E-state index contributed by atoms with van der Waals surface area (Å²) in [6.45, 7) is 7.60. The van der Waals surface area contributed by atoms with Crippen molar-refractivity contribution in [1.29, 1.82) is 0 Å². The minimum Gasteiger partial charge on any atom is -0.207 e. The second kappa shape index (κ2) is 6.07. The van der Waals surface area contributed by atoms with Crippen LogP contribution in [0.1, 0.15) is 32.8 Å². The van der Waals surface area contributed by atoms with Gasteiger partial charge in [0.1, 0.15) is 0 Å². The van der Waals surface area contributed by atoms with Crippen molar-refractivity contribution in [2.75, 3.05) is 13.1 Å². The Hall–Kier alpha value is -0.290. The summed E-state index contributed by atoms with van der Waals surface area (Å²) in [6.07, 6.45) is 0.899. The van der Waals surface area contributed by atoms with Gasteiger partial charge in [0, 0.05) is 24.0 Å². The molecule has 1 unspecified atom stereocenters. The lowest BCUT2D eigenvalue weighted by molar-refractivity contribution is 0.252. The van der Waals surface area contributed by atoms with Gasteiger partial charge in [-0.05, 0) is 35.4 Å². The van der Waals surface area contributed by atoms with Crippen LogP contribution >= 0.6 is 23.2 Å². The molecular formula is C15H21Cl2NO2S. The average molecular weight is 350 g/mol. The van der Waals surface area contributed by atoms with E-state index in [1.807, 2.05) is 0 Å². The quantitative estimate of drug-likeness (QED) is 0.769. The van der Waals surface area contributed by atoms with Gasteiger partial charge in [-0.25, -0.2) is 8.42 Å². The highest BCUT2D eigenvalue weighted by atomic mass is 35.5. The molecular weight excluding hydrogens is 329 g/mol. The van der Waals surface area contributed by atoms with Crippen LogP contribution < -0.4 is 0 Å². The standard InChI is InChI=1S/C15H21Cl2NO2S/c1-15(2,3)12-6-7-18(10-12)21(19,20)13-5-4-11(9-16)14(17)8-13/h4-5,8,12H,6-7,9-10H2,1-3H3. The van der Waals surface area contributed by atoms with Crippen molar-refractivity contribution in [2.45, 2.75) is 38.0 Å². The Morgan fingerprint density at radius 1 is 1.33 bits per heavy atom. The van der Waals surface area contributed by atoms with Crippen LogP contribution in [0.4, 0.5) is 0 Å². The van der Waals surface area contributed by atoms with Crippen LogP contribution in [0.2, 0.25) is 5.02 Å². The first kappa shape index (κ1) is 17.1. The fraction of sp³-hybridized carbons (Fsp3) is 0.600. The van der Waals surface area contributed by atoms with E-state index in [2.05, 4.69) is 20.8 Å². The summed E-state index contributed by atoms with van der Waals surface area (Å²) >= 11 is 11.8. The van der Waals surface area contributed by atoms with E-state index in [1.165, 1.54) is 6.07 Å². The summed E-state index contributed by atoms with van der Waals surface area (Å²) in [4.78, 5) is 0.246. The Balaban J connectivity index is 2.25. The smallest absolute Gasteiger partial charge is 0.207 e. The van der Waals surface area contributed by atoms with E-state index in [4.69, 9.17) is 23.2 Å². The lowest BCUT2D eigenvalue weighted by Gasteiger charge is -2.26. The Morgan fingerprint density at radius 3 is 2.48 bits per heavy atom. The molecule has 0 saturated carbocycles. The topological polar surface area (TPSA) is 37.4 Å². The van der Waals surface area contributed by atoms with Gasteiger partial charge >= 0.3 is 0 Å². The summed E-state index contributed by atoms with van der Waals surface area (Å²) in [5, 5.41) is 0.401. The lowest BCUT2D eigenvalue weighted by atomic mass is 9.80. The number of nitrogens with zero attached hydrogens (tertiary/aromatic N) is 1. The molecule has 1 aromatic rings. The Labute approximate surface area is 137 Å². The van der Waals surface area contributed by atoms with Crippen molar-refractivity contribution >= 4 is 33.2 Å². The van der Waals surface area contributed by atoms with Gasteiger partial charge < -0.3 is 0 Å². The fourth-order valence-electron chi connectivity index (χ4n) is 2.60. The molecule has 0 N–H and O–H groups in total. The minimum absolute atomic E-state index is 0.115. The third-order valence-corrected chi connectivity index (χ3v) is 6.68. The Morgan fingerprint density at radius 2 is 2.00 bits per heavy atom. The molecule has 1 aliphatic rings. The van der Waals surface area contributed by atoms with Gasteiger partial charge in [0.05, 0.1) is 4.90 Å². The molecule has 0 amide bonds. The molecule has 0 aliphatic carbocycles. The molecule has 1 heterocycles. The van der Waals surface area contributed by atoms with Gasteiger partial charge in [-0.15, -0.1) is 11.6 Å². The molecule has 0 aromatic heterocycles. The Bertz CT molecular complexity index is 623. The zero-order chi connectivity index (χ0) is 15.8.